The Hall–Kier alpha value is -1.63. The molecule has 0 unspecified atom stereocenters. The second kappa shape index (κ2) is 5.87. The number of nitrogens with zero attached hydrogens (tertiary/aromatic N) is 3. The molecular weight excluding hydrogens is 298 g/mol. The van der Waals surface area contributed by atoms with Gasteiger partial charge in [-0.2, -0.15) is 0 Å². The largest absolute Gasteiger partial charge is 0.350 e. The van der Waals surface area contributed by atoms with Gasteiger partial charge in [-0.3, -0.25) is 4.40 Å². The number of hydrogen-bond acceptors (Lipinski definition) is 5. The average Bonchev–Trinajstić information content (AvgIpc) is 3.18. The summed E-state index contributed by atoms with van der Waals surface area (Å²) in [4.78, 5) is 0. The van der Waals surface area contributed by atoms with Crippen LogP contribution in [0.25, 0.3) is 16.6 Å². The van der Waals surface area contributed by atoms with Crippen LogP contribution in [0.15, 0.2) is 35.5 Å². The van der Waals surface area contributed by atoms with Gasteiger partial charge in [0, 0.05) is 17.6 Å². The lowest BCUT2D eigenvalue weighted by Gasteiger charge is -2.09. The molecular formula is C16H17N3O2S. The van der Waals surface area contributed by atoms with E-state index in [9.17, 15) is 0 Å². The molecule has 6 heteroatoms. The molecule has 3 aromatic rings. The summed E-state index contributed by atoms with van der Waals surface area (Å²) < 4.78 is 13.1. The minimum atomic E-state index is -0.0642. The smallest absolute Gasteiger partial charge is 0.196 e. The predicted molar refractivity (Wildman–Crippen MR) is 86.3 cm³/mol. The van der Waals surface area contributed by atoms with E-state index in [2.05, 4.69) is 51.9 Å². The van der Waals surface area contributed by atoms with Crippen LogP contribution >= 0.6 is 11.8 Å². The van der Waals surface area contributed by atoms with Crippen molar-refractivity contribution in [1.29, 1.82) is 0 Å². The van der Waals surface area contributed by atoms with Crippen molar-refractivity contribution < 1.29 is 9.47 Å². The second-order valence-corrected chi connectivity index (χ2v) is 6.39. The van der Waals surface area contributed by atoms with Gasteiger partial charge in [0.25, 0.3) is 0 Å². The first-order valence-corrected chi connectivity index (χ1v) is 8.41. The molecule has 4 rings (SSSR count). The summed E-state index contributed by atoms with van der Waals surface area (Å²) in [5, 5.41) is 10.8. The molecule has 1 saturated heterocycles. The molecule has 0 amide bonds. The lowest BCUT2D eigenvalue weighted by molar-refractivity contribution is -0.0421. The van der Waals surface area contributed by atoms with Crippen molar-refractivity contribution in [1.82, 2.24) is 14.6 Å². The summed E-state index contributed by atoms with van der Waals surface area (Å²) in [5.74, 6) is 0.896. The number of fused-ring (bicyclic) bond motifs is 3. The maximum Gasteiger partial charge on any atom is 0.196 e. The first kappa shape index (κ1) is 14.0. The summed E-state index contributed by atoms with van der Waals surface area (Å²) >= 11 is 1.69. The molecule has 5 nitrogen and oxygen atoms in total. The van der Waals surface area contributed by atoms with E-state index < -0.39 is 0 Å². The minimum absolute atomic E-state index is 0.0642. The van der Waals surface area contributed by atoms with Gasteiger partial charge < -0.3 is 9.47 Å². The van der Waals surface area contributed by atoms with Crippen LogP contribution < -0.4 is 0 Å². The lowest BCUT2D eigenvalue weighted by Crippen LogP contribution is -2.08. The van der Waals surface area contributed by atoms with Crippen LogP contribution in [0.4, 0.5) is 0 Å². The number of ether oxygens (including phenoxy) is 2. The van der Waals surface area contributed by atoms with Crippen molar-refractivity contribution in [2.24, 2.45) is 0 Å². The molecule has 1 aliphatic rings. The molecule has 114 valence electrons. The third-order valence-electron chi connectivity index (χ3n) is 3.85. The highest BCUT2D eigenvalue weighted by molar-refractivity contribution is 7.99. The summed E-state index contributed by atoms with van der Waals surface area (Å²) in [7, 11) is 0. The van der Waals surface area contributed by atoms with Crippen molar-refractivity contribution in [3.8, 4) is 0 Å². The number of thioether (sulfide) groups is 1. The molecule has 2 aromatic heterocycles. The molecule has 0 atom stereocenters. The number of aryl methyl sites for hydroxylation is 1. The third kappa shape index (κ3) is 2.47. The Bertz CT molecular complexity index is 812. The molecule has 22 heavy (non-hydrogen) atoms. The zero-order chi connectivity index (χ0) is 14.9. The fourth-order valence-electron chi connectivity index (χ4n) is 2.79. The minimum Gasteiger partial charge on any atom is -0.350 e. The third-order valence-corrected chi connectivity index (χ3v) is 4.81. The highest BCUT2D eigenvalue weighted by Crippen LogP contribution is 2.26. The van der Waals surface area contributed by atoms with E-state index in [1.807, 2.05) is 0 Å². The lowest BCUT2D eigenvalue weighted by atomic mass is 10.1. The van der Waals surface area contributed by atoms with Gasteiger partial charge in [0.2, 0.25) is 0 Å². The second-order valence-electron chi connectivity index (χ2n) is 5.33. The predicted octanol–water partition coefficient (Wildman–Crippen LogP) is 3.05. The van der Waals surface area contributed by atoms with Crippen LogP contribution in [0.3, 0.4) is 0 Å². The maximum atomic E-state index is 5.47. The molecule has 0 saturated carbocycles. The van der Waals surface area contributed by atoms with E-state index in [1.165, 1.54) is 10.9 Å². The number of rotatable bonds is 4. The van der Waals surface area contributed by atoms with Gasteiger partial charge >= 0.3 is 0 Å². The first-order chi connectivity index (χ1) is 10.8. The van der Waals surface area contributed by atoms with Crippen molar-refractivity contribution >= 4 is 28.3 Å². The molecule has 0 radical (unpaired) electrons. The van der Waals surface area contributed by atoms with Crippen LogP contribution in [0.5, 0.6) is 0 Å². The molecule has 1 fully saturated rings. The number of benzene rings is 1. The average molecular weight is 315 g/mol. The number of para-hydroxylation sites is 1. The fraction of sp³-hybridized carbons (Fsp3) is 0.375. The number of pyridine rings is 1. The van der Waals surface area contributed by atoms with E-state index >= 15 is 0 Å². The van der Waals surface area contributed by atoms with E-state index in [-0.39, 0.29) is 6.29 Å². The number of aromatic nitrogens is 3. The molecule has 0 aliphatic carbocycles. The Labute approximate surface area is 132 Å². The zero-order valence-electron chi connectivity index (χ0n) is 12.4. The maximum absolute atomic E-state index is 5.47. The van der Waals surface area contributed by atoms with Gasteiger partial charge in [0.15, 0.2) is 17.1 Å². The summed E-state index contributed by atoms with van der Waals surface area (Å²) in [6, 6.07) is 10.5. The molecule has 0 spiro atoms. The number of hydrogen-bond donors (Lipinski definition) is 0. The standard InChI is InChI=1S/C16H17N3O2S/c1-11-10-14-17-18-16(22-9-6-15-20-7-8-21-15)19(14)13-5-3-2-4-12(11)13/h2-5,10,15H,6-9H2,1H3. The van der Waals surface area contributed by atoms with Crippen LogP contribution in [-0.4, -0.2) is 39.9 Å². The Kier molecular flexibility index (Phi) is 3.73. The van der Waals surface area contributed by atoms with E-state index in [1.54, 1.807) is 11.8 Å². The van der Waals surface area contributed by atoms with Gasteiger partial charge in [0.1, 0.15) is 0 Å². The van der Waals surface area contributed by atoms with Gasteiger partial charge in [-0.25, -0.2) is 0 Å². The van der Waals surface area contributed by atoms with Crippen molar-refractivity contribution in [2.45, 2.75) is 24.8 Å². The summed E-state index contributed by atoms with van der Waals surface area (Å²) in [5.41, 5.74) is 3.27. The highest BCUT2D eigenvalue weighted by Gasteiger charge is 2.17. The highest BCUT2D eigenvalue weighted by atomic mass is 32.2. The van der Waals surface area contributed by atoms with Crippen LogP contribution in [0, 0.1) is 6.92 Å². The molecule has 0 N–H and O–H groups in total. The van der Waals surface area contributed by atoms with E-state index in [0.717, 1.165) is 28.5 Å². The molecule has 0 bridgehead atoms. The summed E-state index contributed by atoms with van der Waals surface area (Å²) in [6.45, 7) is 3.51. The summed E-state index contributed by atoms with van der Waals surface area (Å²) in [6.07, 6.45) is 0.800. The fourth-order valence-corrected chi connectivity index (χ4v) is 3.70. The monoisotopic (exact) mass is 315 g/mol. The normalized spacial score (nSPS) is 16.0. The topological polar surface area (TPSA) is 48.7 Å². The zero-order valence-corrected chi connectivity index (χ0v) is 13.2. The Morgan fingerprint density at radius 3 is 2.91 bits per heavy atom. The molecule has 3 heterocycles. The molecule has 1 aliphatic heterocycles. The van der Waals surface area contributed by atoms with Crippen LogP contribution in [0.1, 0.15) is 12.0 Å². The van der Waals surface area contributed by atoms with Crippen molar-refractivity contribution in [3.05, 3.63) is 35.9 Å². The van der Waals surface area contributed by atoms with E-state index in [4.69, 9.17) is 9.47 Å². The Balaban J connectivity index is 1.64. The Morgan fingerprint density at radius 1 is 1.23 bits per heavy atom. The van der Waals surface area contributed by atoms with E-state index in [0.29, 0.717) is 13.2 Å². The van der Waals surface area contributed by atoms with Crippen molar-refractivity contribution in [3.63, 3.8) is 0 Å². The Morgan fingerprint density at radius 2 is 2.05 bits per heavy atom. The van der Waals surface area contributed by atoms with Crippen LogP contribution in [-0.2, 0) is 9.47 Å². The van der Waals surface area contributed by atoms with Crippen molar-refractivity contribution in [2.75, 3.05) is 19.0 Å². The quantitative estimate of drug-likeness (QED) is 0.693. The molecule has 1 aromatic carbocycles. The first-order valence-electron chi connectivity index (χ1n) is 7.42. The van der Waals surface area contributed by atoms with Gasteiger partial charge in [-0.05, 0) is 24.6 Å². The van der Waals surface area contributed by atoms with Gasteiger partial charge in [-0.15, -0.1) is 10.2 Å². The van der Waals surface area contributed by atoms with Gasteiger partial charge in [-0.1, -0.05) is 30.0 Å². The van der Waals surface area contributed by atoms with Crippen LogP contribution in [0.2, 0.25) is 0 Å². The SMILES string of the molecule is Cc1cc2nnc(SCCC3OCCO3)n2c2ccccc12. The van der Waals surface area contributed by atoms with Gasteiger partial charge in [0.05, 0.1) is 18.7 Å².